The summed E-state index contributed by atoms with van der Waals surface area (Å²) in [5, 5.41) is 20.7. The maximum Gasteiger partial charge on any atom is 0.334 e. The van der Waals surface area contributed by atoms with Gasteiger partial charge in [0.05, 0.1) is 24.4 Å². The Kier molecular flexibility index (Phi) is 13.0. The fourth-order valence-electron chi connectivity index (χ4n) is 4.76. The number of carbonyl (C=O) groups is 2. The zero-order valence-electron chi connectivity index (χ0n) is 24.5. The summed E-state index contributed by atoms with van der Waals surface area (Å²) in [6, 6.07) is 0. The number of ketones is 1. The van der Waals surface area contributed by atoms with Crippen LogP contribution in [-0.4, -0.2) is 78.9 Å². The number of rotatable bonds is 5. The SMILES string of the molecule is CO[C@H]1C[C@H]2O[C@H]1/C=C(/C)[C@H](O)C/C=C\C=C(\C)C(=O)[C@@H](C)/C=C(/C)C(=O)O[C@H](/C=C/[C@@H](OC)[C@H](C)O)[C@@H]2C. The first-order valence-corrected chi connectivity index (χ1v) is 13.6. The van der Waals surface area contributed by atoms with Crippen molar-refractivity contribution in [3.05, 3.63) is 59.3 Å². The van der Waals surface area contributed by atoms with Crippen molar-refractivity contribution in [1.29, 1.82) is 0 Å². The number of Topliss-reactive ketones (excluding diaryl/α,β-unsaturated/α-hetero) is 1. The van der Waals surface area contributed by atoms with Gasteiger partial charge >= 0.3 is 5.97 Å². The number of esters is 1. The summed E-state index contributed by atoms with van der Waals surface area (Å²) in [4.78, 5) is 26.0. The lowest BCUT2D eigenvalue weighted by molar-refractivity contribution is -0.146. The van der Waals surface area contributed by atoms with Crippen molar-refractivity contribution in [3.63, 3.8) is 0 Å². The third-order valence-electron chi connectivity index (χ3n) is 7.47. The number of hydrogen-bond donors (Lipinski definition) is 2. The predicted octanol–water partition coefficient (Wildman–Crippen LogP) is 4.02. The van der Waals surface area contributed by atoms with E-state index in [0.29, 0.717) is 24.0 Å². The van der Waals surface area contributed by atoms with E-state index in [4.69, 9.17) is 18.9 Å². The lowest BCUT2D eigenvalue weighted by Gasteiger charge is -2.27. The number of aliphatic hydroxyl groups excluding tert-OH is 2. The van der Waals surface area contributed by atoms with Crippen molar-refractivity contribution in [2.45, 2.75) is 97.1 Å². The molecule has 2 bridgehead atoms. The number of cyclic esters (lactones) is 1. The van der Waals surface area contributed by atoms with Crippen LogP contribution in [0.15, 0.2) is 59.3 Å². The molecule has 2 heterocycles. The Hall–Kier alpha value is -2.36. The van der Waals surface area contributed by atoms with E-state index in [9.17, 15) is 19.8 Å². The number of ether oxygens (including phenoxy) is 4. The number of aliphatic hydroxyl groups is 2. The molecule has 0 amide bonds. The number of allylic oxidation sites excluding steroid dienone is 4. The average molecular weight is 547 g/mol. The first-order valence-electron chi connectivity index (χ1n) is 13.6. The molecule has 0 spiro atoms. The van der Waals surface area contributed by atoms with Crippen molar-refractivity contribution < 1.29 is 38.7 Å². The quantitative estimate of drug-likeness (QED) is 0.393. The summed E-state index contributed by atoms with van der Waals surface area (Å²) in [6.45, 7) is 10.5. The van der Waals surface area contributed by atoms with Gasteiger partial charge in [-0.15, -0.1) is 0 Å². The minimum absolute atomic E-state index is 0.109. The van der Waals surface area contributed by atoms with Gasteiger partial charge in [0.2, 0.25) is 0 Å². The van der Waals surface area contributed by atoms with E-state index in [1.54, 1.807) is 65.2 Å². The summed E-state index contributed by atoms with van der Waals surface area (Å²) in [5.74, 6) is -1.46. The Bertz CT molecular complexity index is 989. The Morgan fingerprint density at radius 3 is 2.41 bits per heavy atom. The van der Waals surface area contributed by atoms with Crippen molar-refractivity contribution in [3.8, 4) is 0 Å². The van der Waals surface area contributed by atoms with Gasteiger partial charge in [0.25, 0.3) is 0 Å². The molecule has 9 atom stereocenters. The maximum atomic E-state index is 13.2. The minimum Gasteiger partial charge on any atom is -0.454 e. The molecule has 39 heavy (non-hydrogen) atoms. The first-order chi connectivity index (χ1) is 18.4. The van der Waals surface area contributed by atoms with E-state index >= 15 is 0 Å². The zero-order valence-corrected chi connectivity index (χ0v) is 24.5. The summed E-state index contributed by atoms with van der Waals surface area (Å²) in [5.41, 5.74) is 1.62. The first kappa shape index (κ1) is 32.8. The molecular weight excluding hydrogens is 500 g/mol. The van der Waals surface area contributed by atoms with Crippen LogP contribution in [0.25, 0.3) is 0 Å². The van der Waals surface area contributed by atoms with Gasteiger partial charge in [-0.3, -0.25) is 4.79 Å². The molecule has 1 fully saturated rings. The second kappa shape index (κ2) is 15.4. The highest BCUT2D eigenvalue weighted by molar-refractivity contribution is 5.99. The Morgan fingerprint density at radius 2 is 1.79 bits per heavy atom. The standard InChI is InChI=1S/C31H46O8/c1-18-11-9-10-12-24(33)19(2)16-29-28(37-8)17-27(38-29)22(5)25(13-14-26(36-7)23(6)32)39-31(35)21(4)15-20(3)30(18)34/h9-11,13-16,20,22-29,32-33H,12,17H2,1-8H3/b10-9-,14-13+,18-11-,19-16-,21-15-/t20-,22-,23-,24+,25+,26+,27+,28-,29-/m0/s1. The summed E-state index contributed by atoms with van der Waals surface area (Å²) < 4.78 is 23.4. The number of fused-ring (bicyclic) bond motifs is 2. The molecule has 0 aliphatic carbocycles. The largest absolute Gasteiger partial charge is 0.454 e. The van der Waals surface area contributed by atoms with Gasteiger partial charge < -0.3 is 29.2 Å². The second-order valence-corrected chi connectivity index (χ2v) is 10.6. The van der Waals surface area contributed by atoms with Gasteiger partial charge in [-0.2, -0.15) is 0 Å². The average Bonchev–Trinajstić information content (AvgIpc) is 3.31. The van der Waals surface area contributed by atoms with Gasteiger partial charge in [0.15, 0.2) is 5.78 Å². The zero-order chi connectivity index (χ0) is 29.3. The number of methoxy groups -OCH3 is 2. The van der Waals surface area contributed by atoms with E-state index in [1.807, 2.05) is 26.0 Å². The molecule has 8 heteroatoms. The lowest BCUT2D eigenvalue weighted by atomic mass is 9.93. The number of carbonyl (C=O) groups excluding carboxylic acids is 2. The van der Waals surface area contributed by atoms with Crippen LogP contribution in [0.5, 0.6) is 0 Å². The molecule has 2 rings (SSSR count). The molecule has 218 valence electrons. The van der Waals surface area contributed by atoms with E-state index in [-0.39, 0.29) is 30.0 Å². The molecule has 8 nitrogen and oxygen atoms in total. The van der Waals surface area contributed by atoms with E-state index < -0.39 is 36.3 Å². The topological polar surface area (TPSA) is 112 Å². The van der Waals surface area contributed by atoms with Gasteiger partial charge in [0.1, 0.15) is 18.3 Å². The van der Waals surface area contributed by atoms with Crippen LogP contribution in [-0.2, 0) is 28.5 Å². The molecule has 2 aliphatic rings. The molecule has 0 aromatic carbocycles. The molecule has 2 aliphatic heterocycles. The van der Waals surface area contributed by atoms with Crippen molar-refractivity contribution in [2.75, 3.05) is 14.2 Å². The summed E-state index contributed by atoms with van der Waals surface area (Å²) in [6.07, 6.45) is 9.47. The molecule has 0 unspecified atom stereocenters. The van der Waals surface area contributed by atoms with E-state index in [2.05, 4.69) is 0 Å². The van der Waals surface area contributed by atoms with Crippen LogP contribution in [0.1, 0.15) is 54.4 Å². The lowest BCUT2D eigenvalue weighted by Crippen LogP contribution is -2.33. The fraction of sp³-hybridized carbons (Fsp3) is 0.613. The summed E-state index contributed by atoms with van der Waals surface area (Å²) >= 11 is 0. The van der Waals surface area contributed by atoms with Crippen molar-refractivity contribution in [1.82, 2.24) is 0 Å². The maximum absolute atomic E-state index is 13.2. The second-order valence-electron chi connectivity index (χ2n) is 10.6. The normalized spacial score (nSPS) is 38.2. The van der Waals surface area contributed by atoms with Crippen LogP contribution in [0.4, 0.5) is 0 Å². The third-order valence-corrected chi connectivity index (χ3v) is 7.47. The van der Waals surface area contributed by atoms with E-state index in [0.717, 1.165) is 5.57 Å². The van der Waals surface area contributed by atoms with Gasteiger partial charge in [-0.05, 0) is 51.3 Å². The highest BCUT2D eigenvalue weighted by atomic mass is 16.6. The van der Waals surface area contributed by atoms with Crippen molar-refractivity contribution in [2.24, 2.45) is 11.8 Å². The van der Waals surface area contributed by atoms with Gasteiger partial charge in [0, 0.05) is 38.0 Å². The molecule has 2 N–H and O–H groups in total. The monoisotopic (exact) mass is 546 g/mol. The Labute approximate surface area is 233 Å². The van der Waals surface area contributed by atoms with Gasteiger partial charge in [-0.1, -0.05) is 50.3 Å². The van der Waals surface area contributed by atoms with Crippen molar-refractivity contribution >= 4 is 11.8 Å². The summed E-state index contributed by atoms with van der Waals surface area (Å²) in [7, 11) is 3.13. The molecule has 0 saturated carbocycles. The van der Waals surface area contributed by atoms with E-state index in [1.165, 1.54) is 7.11 Å². The van der Waals surface area contributed by atoms with Crippen LogP contribution in [0, 0.1) is 11.8 Å². The Balaban J connectivity index is 2.50. The van der Waals surface area contributed by atoms with Crippen LogP contribution >= 0.6 is 0 Å². The molecule has 0 aromatic heterocycles. The molecule has 0 radical (unpaired) electrons. The third kappa shape index (κ3) is 9.36. The fourth-order valence-corrected chi connectivity index (χ4v) is 4.76. The molecule has 0 aromatic rings. The highest BCUT2D eigenvalue weighted by Crippen LogP contribution is 2.33. The smallest absolute Gasteiger partial charge is 0.334 e. The van der Waals surface area contributed by atoms with Crippen LogP contribution < -0.4 is 0 Å². The van der Waals surface area contributed by atoms with Gasteiger partial charge in [-0.25, -0.2) is 4.79 Å². The number of hydrogen-bond acceptors (Lipinski definition) is 8. The molecular formula is C31H46O8. The highest BCUT2D eigenvalue weighted by Gasteiger charge is 2.40. The minimum atomic E-state index is -0.760. The van der Waals surface area contributed by atoms with Crippen LogP contribution in [0.2, 0.25) is 0 Å². The van der Waals surface area contributed by atoms with Crippen LogP contribution in [0.3, 0.4) is 0 Å². The Morgan fingerprint density at radius 1 is 1.10 bits per heavy atom. The molecule has 1 saturated heterocycles. The predicted molar refractivity (Wildman–Crippen MR) is 150 cm³/mol.